The van der Waals surface area contributed by atoms with Gasteiger partial charge < -0.3 is 4.74 Å². The summed E-state index contributed by atoms with van der Waals surface area (Å²) in [6, 6.07) is 7.47. The minimum Gasteiger partial charge on any atom is -0.446 e. The predicted octanol–water partition coefficient (Wildman–Crippen LogP) is 5.54. The summed E-state index contributed by atoms with van der Waals surface area (Å²) in [4.78, 5) is 12.6. The van der Waals surface area contributed by atoms with Crippen LogP contribution in [0.25, 0.3) is 10.4 Å². The van der Waals surface area contributed by atoms with Gasteiger partial charge in [-0.1, -0.05) is 11.6 Å². The van der Waals surface area contributed by atoms with E-state index in [1.54, 1.807) is 17.4 Å². The summed E-state index contributed by atoms with van der Waals surface area (Å²) >= 11 is 11.3. The van der Waals surface area contributed by atoms with Gasteiger partial charge in [0.1, 0.15) is 6.10 Å². The highest BCUT2D eigenvalue weighted by atomic mass is 79.9. The van der Waals surface area contributed by atoms with Gasteiger partial charge in [0, 0.05) is 26.0 Å². The molecule has 0 aliphatic heterocycles. The number of rotatable bonds is 3. The van der Waals surface area contributed by atoms with Crippen molar-refractivity contribution in [2.24, 2.45) is 0 Å². The molecule has 1 saturated carbocycles. The SMILES string of the molecule is O=C(Nc1ccc(-c2cc(Br)cs2)c(Cl)c1)OC1CC1. The number of benzene rings is 1. The van der Waals surface area contributed by atoms with Crippen LogP contribution in [0.4, 0.5) is 10.5 Å². The van der Waals surface area contributed by atoms with Crippen molar-refractivity contribution in [3.05, 3.63) is 39.1 Å². The number of carbonyl (C=O) groups is 1. The zero-order chi connectivity index (χ0) is 14.1. The van der Waals surface area contributed by atoms with Crippen molar-refractivity contribution in [3.8, 4) is 10.4 Å². The van der Waals surface area contributed by atoms with Crippen molar-refractivity contribution in [1.29, 1.82) is 0 Å². The van der Waals surface area contributed by atoms with Gasteiger partial charge in [-0.25, -0.2) is 4.79 Å². The first-order valence-electron chi connectivity index (χ1n) is 6.13. The number of halogens is 2. The van der Waals surface area contributed by atoms with Gasteiger partial charge in [-0.3, -0.25) is 5.32 Å². The number of hydrogen-bond acceptors (Lipinski definition) is 3. The number of amides is 1. The summed E-state index contributed by atoms with van der Waals surface area (Å²) < 4.78 is 6.16. The first-order valence-corrected chi connectivity index (χ1v) is 8.18. The Labute approximate surface area is 134 Å². The molecule has 1 aliphatic carbocycles. The summed E-state index contributed by atoms with van der Waals surface area (Å²) in [5.74, 6) is 0. The second-order valence-electron chi connectivity index (χ2n) is 4.55. The van der Waals surface area contributed by atoms with Crippen molar-refractivity contribution < 1.29 is 9.53 Å². The van der Waals surface area contributed by atoms with E-state index in [1.807, 2.05) is 23.6 Å². The van der Waals surface area contributed by atoms with Gasteiger partial charge in [0.2, 0.25) is 0 Å². The van der Waals surface area contributed by atoms with Crippen LogP contribution in [-0.4, -0.2) is 12.2 Å². The van der Waals surface area contributed by atoms with E-state index < -0.39 is 6.09 Å². The van der Waals surface area contributed by atoms with Crippen LogP contribution in [-0.2, 0) is 4.74 Å². The molecule has 1 aromatic carbocycles. The molecule has 1 heterocycles. The molecule has 0 unspecified atom stereocenters. The first kappa shape index (κ1) is 13.9. The summed E-state index contributed by atoms with van der Waals surface area (Å²) in [6.07, 6.45) is 1.59. The monoisotopic (exact) mass is 371 g/mol. The second kappa shape index (κ2) is 5.76. The minimum absolute atomic E-state index is 0.0909. The lowest BCUT2D eigenvalue weighted by Crippen LogP contribution is -2.14. The maximum absolute atomic E-state index is 11.6. The maximum atomic E-state index is 11.6. The fourth-order valence-corrected chi connectivity index (χ4v) is 3.54. The van der Waals surface area contributed by atoms with Crippen molar-refractivity contribution in [1.82, 2.24) is 0 Å². The van der Waals surface area contributed by atoms with Crippen LogP contribution >= 0.6 is 38.9 Å². The molecule has 104 valence electrons. The third-order valence-corrected chi connectivity index (χ3v) is 4.88. The molecule has 0 atom stereocenters. The van der Waals surface area contributed by atoms with Gasteiger partial charge in [-0.15, -0.1) is 11.3 Å². The van der Waals surface area contributed by atoms with Gasteiger partial charge in [0.15, 0.2) is 0 Å². The number of carbonyl (C=O) groups excluding carboxylic acids is 1. The number of thiophene rings is 1. The van der Waals surface area contributed by atoms with Gasteiger partial charge >= 0.3 is 6.09 Å². The van der Waals surface area contributed by atoms with Crippen LogP contribution in [0.15, 0.2) is 34.1 Å². The lowest BCUT2D eigenvalue weighted by molar-refractivity contribution is 0.154. The van der Waals surface area contributed by atoms with Crippen LogP contribution in [0.1, 0.15) is 12.8 Å². The highest BCUT2D eigenvalue weighted by molar-refractivity contribution is 9.10. The molecule has 1 aliphatic rings. The Balaban J connectivity index is 1.74. The normalized spacial score (nSPS) is 14.1. The molecule has 0 bridgehead atoms. The third-order valence-electron chi connectivity index (χ3n) is 2.85. The molecule has 0 saturated heterocycles. The summed E-state index contributed by atoms with van der Waals surface area (Å²) in [6.45, 7) is 0. The molecule has 1 aromatic heterocycles. The Morgan fingerprint density at radius 2 is 2.20 bits per heavy atom. The van der Waals surface area contributed by atoms with Gasteiger partial charge in [0.05, 0.1) is 5.02 Å². The smallest absolute Gasteiger partial charge is 0.411 e. The van der Waals surface area contributed by atoms with E-state index >= 15 is 0 Å². The summed E-state index contributed by atoms with van der Waals surface area (Å²) in [7, 11) is 0. The second-order valence-corrected chi connectivity index (χ2v) is 6.79. The fraction of sp³-hybridized carbons (Fsp3) is 0.214. The Morgan fingerprint density at radius 3 is 2.80 bits per heavy atom. The average Bonchev–Trinajstić information content (AvgIpc) is 3.09. The molecular weight excluding hydrogens is 362 g/mol. The lowest BCUT2D eigenvalue weighted by Gasteiger charge is -2.08. The Hall–Kier alpha value is -1.04. The van der Waals surface area contributed by atoms with E-state index in [9.17, 15) is 4.79 Å². The molecule has 3 nitrogen and oxygen atoms in total. The highest BCUT2D eigenvalue weighted by Crippen LogP contribution is 2.36. The van der Waals surface area contributed by atoms with Crippen LogP contribution in [0.2, 0.25) is 5.02 Å². The van der Waals surface area contributed by atoms with Crippen molar-refractivity contribution >= 4 is 50.6 Å². The van der Waals surface area contributed by atoms with Crippen LogP contribution in [0, 0.1) is 0 Å². The standard InChI is InChI=1S/C14H11BrClNO2S/c15-8-5-13(20-7-8)11-4-1-9(6-12(11)16)17-14(18)19-10-2-3-10/h1,4-7,10H,2-3H2,(H,17,18). The van der Waals surface area contributed by atoms with E-state index in [0.717, 1.165) is 27.8 Å². The molecule has 1 N–H and O–H groups in total. The third kappa shape index (κ3) is 3.34. The Bertz CT molecular complexity index is 654. The van der Waals surface area contributed by atoms with E-state index in [-0.39, 0.29) is 6.10 Å². The molecule has 20 heavy (non-hydrogen) atoms. The summed E-state index contributed by atoms with van der Waals surface area (Å²) in [5.41, 5.74) is 1.59. The van der Waals surface area contributed by atoms with E-state index in [4.69, 9.17) is 16.3 Å². The number of nitrogens with one attached hydrogen (secondary N) is 1. The molecule has 1 fully saturated rings. The molecule has 1 amide bonds. The van der Waals surface area contributed by atoms with E-state index in [1.165, 1.54) is 0 Å². The Morgan fingerprint density at radius 1 is 1.40 bits per heavy atom. The molecular formula is C14H11BrClNO2S. The molecule has 0 radical (unpaired) electrons. The van der Waals surface area contributed by atoms with Crippen molar-refractivity contribution in [2.75, 3.05) is 5.32 Å². The first-order chi connectivity index (χ1) is 9.61. The molecule has 3 rings (SSSR count). The summed E-state index contributed by atoms with van der Waals surface area (Å²) in [5, 5.41) is 5.29. The largest absolute Gasteiger partial charge is 0.446 e. The zero-order valence-corrected chi connectivity index (χ0v) is 13.5. The fourth-order valence-electron chi connectivity index (χ4n) is 1.73. The zero-order valence-electron chi connectivity index (χ0n) is 10.4. The maximum Gasteiger partial charge on any atom is 0.411 e. The number of anilines is 1. The Kier molecular flexibility index (Phi) is 4.01. The predicted molar refractivity (Wildman–Crippen MR) is 85.6 cm³/mol. The topological polar surface area (TPSA) is 38.3 Å². The van der Waals surface area contributed by atoms with Gasteiger partial charge in [0.25, 0.3) is 0 Å². The molecule has 0 spiro atoms. The number of hydrogen-bond donors (Lipinski definition) is 1. The van der Waals surface area contributed by atoms with Crippen molar-refractivity contribution in [3.63, 3.8) is 0 Å². The minimum atomic E-state index is -0.421. The van der Waals surface area contributed by atoms with E-state index in [0.29, 0.717) is 10.7 Å². The molecule has 2 aromatic rings. The lowest BCUT2D eigenvalue weighted by atomic mass is 10.1. The van der Waals surface area contributed by atoms with Crippen LogP contribution in [0.3, 0.4) is 0 Å². The average molecular weight is 373 g/mol. The van der Waals surface area contributed by atoms with Gasteiger partial charge in [-0.2, -0.15) is 0 Å². The van der Waals surface area contributed by atoms with E-state index in [2.05, 4.69) is 21.2 Å². The highest BCUT2D eigenvalue weighted by Gasteiger charge is 2.26. The number of ether oxygens (including phenoxy) is 1. The quantitative estimate of drug-likeness (QED) is 0.768. The van der Waals surface area contributed by atoms with Crippen molar-refractivity contribution in [2.45, 2.75) is 18.9 Å². The van der Waals surface area contributed by atoms with Crippen LogP contribution < -0.4 is 5.32 Å². The van der Waals surface area contributed by atoms with Gasteiger partial charge in [-0.05, 0) is 53.0 Å². The van der Waals surface area contributed by atoms with Crippen LogP contribution in [0.5, 0.6) is 0 Å². The molecule has 6 heteroatoms.